The van der Waals surface area contributed by atoms with Gasteiger partial charge < -0.3 is 9.13 Å². The van der Waals surface area contributed by atoms with Gasteiger partial charge in [0.25, 0.3) is 0 Å². The molecule has 0 bridgehead atoms. The maximum Gasteiger partial charge on any atom is 0.0998 e. The molecule has 9 rings (SSSR count). The second-order valence-electron chi connectivity index (χ2n) is 12.3. The fourth-order valence-electron chi connectivity index (χ4n) is 7.44. The van der Waals surface area contributed by atoms with Crippen LogP contribution in [-0.4, -0.2) is 9.13 Å². The monoisotopic (exact) mass is 635 g/mol. The SMILES string of the molecule is N#Cc1ccc2c(c1)c1ccccc1n2-c1ccccc1-c1ccc(C#N)c(-c2ccc(-n3c4ccccc4c4c(C#N)cccc43)cc2)c1. The summed E-state index contributed by atoms with van der Waals surface area (Å²) in [7, 11) is 0. The second-order valence-corrected chi connectivity index (χ2v) is 12.3. The number of nitriles is 3. The van der Waals surface area contributed by atoms with Crippen LogP contribution < -0.4 is 0 Å². The first-order chi connectivity index (χ1) is 24.7. The van der Waals surface area contributed by atoms with E-state index in [2.05, 4.69) is 100 Å². The summed E-state index contributed by atoms with van der Waals surface area (Å²) in [6.45, 7) is 0. The highest BCUT2D eigenvalue weighted by Gasteiger charge is 2.18. The van der Waals surface area contributed by atoms with Crippen LogP contribution in [-0.2, 0) is 0 Å². The van der Waals surface area contributed by atoms with Crippen molar-refractivity contribution in [3.8, 4) is 51.8 Å². The minimum Gasteiger partial charge on any atom is -0.309 e. The number of fused-ring (bicyclic) bond motifs is 6. The van der Waals surface area contributed by atoms with Crippen molar-refractivity contribution in [1.82, 2.24) is 9.13 Å². The average Bonchev–Trinajstić information content (AvgIpc) is 3.70. The molecule has 0 atom stereocenters. The van der Waals surface area contributed by atoms with E-state index in [4.69, 9.17) is 0 Å². The predicted molar refractivity (Wildman–Crippen MR) is 200 cm³/mol. The zero-order chi connectivity index (χ0) is 33.8. The molecule has 2 heterocycles. The van der Waals surface area contributed by atoms with Crippen LogP contribution in [0.2, 0.25) is 0 Å². The third-order valence-corrected chi connectivity index (χ3v) is 9.65. The average molecular weight is 636 g/mol. The van der Waals surface area contributed by atoms with Crippen LogP contribution in [0.4, 0.5) is 0 Å². The van der Waals surface area contributed by atoms with Gasteiger partial charge in [-0.15, -0.1) is 0 Å². The van der Waals surface area contributed by atoms with Crippen LogP contribution in [0.1, 0.15) is 16.7 Å². The Hall–Kier alpha value is -7.39. The van der Waals surface area contributed by atoms with Crippen LogP contribution in [0, 0.1) is 34.0 Å². The Morgan fingerprint density at radius 3 is 1.84 bits per heavy atom. The fraction of sp³-hybridized carbons (Fsp3) is 0. The first kappa shape index (κ1) is 28.8. The molecular formula is C45H25N5. The highest BCUT2D eigenvalue weighted by atomic mass is 15.0. The van der Waals surface area contributed by atoms with Gasteiger partial charge in [0.15, 0.2) is 0 Å². The highest BCUT2D eigenvalue weighted by molar-refractivity contribution is 6.12. The van der Waals surface area contributed by atoms with Gasteiger partial charge in [-0.25, -0.2) is 0 Å². The molecule has 0 aliphatic heterocycles. The molecule has 0 aliphatic rings. The van der Waals surface area contributed by atoms with Gasteiger partial charge in [-0.1, -0.05) is 78.9 Å². The molecule has 50 heavy (non-hydrogen) atoms. The lowest BCUT2D eigenvalue weighted by atomic mass is 9.94. The lowest BCUT2D eigenvalue weighted by molar-refractivity contribution is 1.18. The molecule has 0 amide bonds. The summed E-state index contributed by atoms with van der Waals surface area (Å²) in [5.41, 5.74) is 11.7. The molecule has 0 unspecified atom stereocenters. The highest BCUT2D eigenvalue weighted by Crippen LogP contribution is 2.39. The maximum absolute atomic E-state index is 10.2. The van der Waals surface area contributed by atoms with E-state index in [0.29, 0.717) is 16.7 Å². The van der Waals surface area contributed by atoms with Gasteiger partial charge >= 0.3 is 0 Å². The molecular weight excluding hydrogens is 611 g/mol. The molecule has 2 aromatic heterocycles. The third kappa shape index (κ3) is 4.31. The topological polar surface area (TPSA) is 81.2 Å². The van der Waals surface area contributed by atoms with Gasteiger partial charge in [-0.05, 0) is 83.9 Å². The zero-order valence-electron chi connectivity index (χ0n) is 26.7. The Kier molecular flexibility index (Phi) is 6.56. The summed E-state index contributed by atoms with van der Waals surface area (Å²) in [4.78, 5) is 0. The summed E-state index contributed by atoms with van der Waals surface area (Å²) in [5.74, 6) is 0. The molecule has 5 heteroatoms. The number of benzene rings is 7. The van der Waals surface area contributed by atoms with Gasteiger partial charge in [0.2, 0.25) is 0 Å². The zero-order valence-corrected chi connectivity index (χ0v) is 26.7. The second kappa shape index (κ2) is 11.4. The summed E-state index contributed by atoms with van der Waals surface area (Å²) in [6.07, 6.45) is 0. The van der Waals surface area contributed by atoms with Crippen molar-refractivity contribution in [2.75, 3.05) is 0 Å². The van der Waals surface area contributed by atoms with E-state index in [-0.39, 0.29) is 0 Å². The first-order valence-corrected chi connectivity index (χ1v) is 16.3. The Bertz CT molecular complexity index is 2960. The van der Waals surface area contributed by atoms with Gasteiger partial charge in [-0.2, -0.15) is 15.8 Å². The standard InChI is InChI=1S/C45H25N5/c46-26-29-16-23-43-39(24-29)36-10-2-5-13-41(36)50(43)40-12-4-1-9-35(40)31-17-18-32(27-47)38(25-31)30-19-21-34(22-20-30)49-42-14-6-3-11-37(42)45-33(28-48)8-7-15-44(45)49/h1-25H. The van der Waals surface area contributed by atoms with Crippen molar-refractivity contribution >= 4 is 43.6 Å². The summed E-state index contributed by atoms with van der Waals surface area (Å²) in [5, 5.41) is 33.8. The van der Waals surface area contributed by atoms with E-state index in [0.717, 1.165) is 77.2 Å². The lowest BCUT2D eigenvalue weighted by Crippen LogP contribution is -1.98. The number of rotatable bonds is 4. The van der Waals surface area contributed by atoms with E-state index in [1.165, 1.54) is 0 Å². The smallest absolute Gasteiger partial charge is 0.0998 e. The van der Waals surface area contributed by atoms with Crippen LogP contribution in [0.3, 0.4) is 0 Å². The molecule has 230 valence electrons. The number of para-hydroxylation sites is 3. The van der Waals surface area contributed by atoms with Crippen molar-refractivity contribution in [3.63, 3.8) is 0 Å². The van der Waals surface area contributed by atoms with E-state index in [1.807, 2.05) is 78.9 Å². The number of hydrogen-bond donors (Lipinski definition) is 0. The van der Waals surface area contributed by atoms with Crippen LogP contribution >= 0.6 is 0 Å². The van der Waals surface area contributed by atoms with Crippen molar-refractivity contribution < 1.29 is 0 Å². The minimum absolute atomic E-state index is 0.593. The quantitative estimate of drug-likeness (QED) is 0.193. The van der Waals surface area contributed by atoms with E-state index < -0.39 is 0 Å². The Balaban J connectivity index is 1.19. The van der Waals surface area contributed by atoms with Crippen LogP contribution in [0.25, 0.3) is 77.2 Å². The number of aromatic nitrogens is 2. The molecule has 0 saturated heterocycles. The summed E-state index contributed by atoms with van der Waals surface area (Å²) < 4.78 is 4.45. The van der Waals surface area contributed by atoms with Crippen LogP contribution in [0.15, 0.2) is 152 Å². The molecule has 9 aromatic rings. The molecule has 0 saturated carbocycles. The van der Waals surface area contributed by atoms with Gasteiger partial charge in [0, 0.05) is 38.4 Å². The molecule has 7 aromatic carbocycles. The van der Waals surface area contributed by atoms with Crippen LogP contribution in [0.5, 0.6) is 0 Å². The van der Waals surface area contributed by atoms with E-state index in [9.17, 15) is 15.8 Å². The molecule has 0 N–H and O–H groups in total. The normalized spacial score (nSPS) is 11.1. The first-order valence-electron chi connectivity index (χ1n) is 16.3. The number of nitrogens with zero attached hydrogens (tertiary/aromatic N) is 5. The van der Waals surface area contributed by atoms with E-state index in [1.54, 1.807) is 0 Å². The van der Waals surface area contributed by atoms with Crippen molar-refractivity contribution in [2.24, 2.45) is 0 Å². The van der Waals surface area contributed by atoms with Gasteiger partial charge in [-0.3, -0.25) is 0 Å². The number of hydrogen-bond acceptors (Lipinski definition) is 3. The van der Waals surface area contributed by atoms with Gasteiger partial charge in [0.05, 0.1) is 62.7 Å². The molecule has 0 spiro atoms. The molecule has 0 radical (unpaired) electrons. The fourth-order valence-corrected chi connectivity index (χ4v) is 7.44. The Labute approximate surface area is 287 Å². The van der Waals surface area contributed by atoms with Gasteiger partial charge in [0.1, 0.15) is 0 Å². The van der Waals surface area contributed by atoms with Crippen molar-refractivity contribution in [3.05, 3.63) is 168 Å². The predicted octanol–water partition coefficient (Wildman–Crippen LogP) is 10.8. The third-order valence-electron chi connectivity index (χ3n) is 9.65. The molecule has 5 nitrogen and oxygen atoms in total. The Morgan fingerprint density at radius 1 is 0.400 bits per heavy atom. The largest absolute Gasteiger partial charge is 0.309 e. The molecule has 0 aliphatic carbocycles. The Morgan fingerprint density at radius 2 is 1.06 bits per heavy atom. The van der Waals surface area contributed by atoms with Crippen molar-refractivity contribution in [2.45, 2.75) is 0 Å². The summed E-state index contributed by atoms with van der Waals surface area (Å²) in [6, 6.07) is 57.8. The van der Waals surface area contributed by atoms with E-state index >= 15 is 0 Å². The maximum atomic E-state index is 10.2. The minimum atomic E-state index is 0.593. The molecule has 0 fully saturated rings. The van der Waals surface area contributed by atoms with Crippen molar-refractivity contribution in [1.29, 1.82) is 15.8 Å². The lowest BCUT2D eigenvalue weighted by Gasteiger charge is -2.16. The summed E-state index contributed by atoms with van der Waals surface area (Å²) >= 11 is 0.